The third-order valence-electron chi connectivity index (χ3n) is 5.80. The van der Waals surface area contributed by atoms with Gasteiger partial charge in [0.15, 0.2) is 5.76 Å². The van der Waals surface area contributed by atoms with Crippen molar-refractivity contribution in [2.24, 2.45) is 0 Å². The molecule has 0 spiro atoms. The lowest BCUT2D eigenvalue weighted by molar-refractivity contribution is -1.10. The van der Waals surface area contributed by atoms with E-state index in [1.165, 1.54) is 9.80 Å². The molecular weight excluding hydrogens is 445 g/mol. The minimum Gasteiger partial charge on any atom is -0.503 e. The molecule has 1 unspecified atom stereocenters. The number of benzene rings is 1. The summed E-state index contributed by atoms with van der Waals surface area (Å²) in [5.74, 6) is -1.43. The van der Waals surface area contributed by atoms with E-state index in [2.05, 4.69) is 0 Å². The summed E-state index contributed by atoms with van der Waals surface area (Å²) in [7, 11) is 3.26. The Morgan fingerprint density at radius 1 is 1.29 bits per heavy atom. The molecule has 0 bridgehead atoms. The molecule has 1 N–H and O–H groups in total. The number of amides is 2. The first kappa shape index (κ1) is 23.8. The van der Waals surface area contributed by atoms with Gasteiger partial charge in [0.25, 0.3) is 11.8 Å². The average Bonchev–Trinajstić information content (AvgIpc) is 2.92. The van der Waals surface area contributed by atoms with Crippen molar-refractivity contribution < 1.29 is 28.9 Å². The molecule has 1 aromatic carbocycles. The van der Waals surface area contributed by atoms with Gasteiger partial charge in [0, 0.05) is 20.0 Å². The molecule has 170 valence electrons. The predicted molar refractivity (Wildman–Crippen MR) is 116 cm³/mol. The third-order valence-corrected chi connectivity index (χ3v) is 6.53. The summed E-state index contributed by atoms with van der Waals surface area (Å²) in [6.45, 7) is 4.02. The number of rotatable bonds is 7. The SMILES string of the molecule is CO[N+]1(CCN2CC(C(=O)N(C)Cc3ccc(Cl)c(Cl)c3)=C(O)C2=O)CCCOCC1. The lowest BCUT2D eigenvalue weighted by Crippen LogP contribution is -2.52. The maximum Gasteiger partial charge on any atom is 0.289 e. The Bertz CT molecular complexity index is 869. The number of likely N-dealkylation sites (N-methyl/N-ethyl adjacent to an activating group) is 1. The summed E-state index contributed by atoms with van der Waals surface area (Å²) in [6.07, 6.45) is 0.870. The van der Waals surface area contributed by atoms with Crippen LogP contribution in [0.2, 0.25) is 10.0 Å². The Morgan fingerprint density at radius 3 is 2.77 bits per heavy atom. The molecule has 0 radical (unpaired) electrons. The largest absolute Gasteiger partial charge is 0.503 e. The lowest BCUT2D eigenvalue weighted by atomic mass is 10.2. The topological polar surface area (TPSA) is 79.3 Å². The number of carbonyl (C=O) groups excluding carboxylic acids is 2. The molecule has 0 saturated carbocycles. The van der Waals surface area contributed by atoms with Crippen molar-refractivity contribution >= 4 is 35.0 Å². The number of hydrogen-bond acceptors (Lipinski definition) is 5. The molecule has 1 aromatic rings. The molecule has 2 aliphatic heterocycles. The van der Waals surface area contributed by atoms with Crippen molar-refractivity contribution in [3.63, 3.8) is 0 Å². The van der Waals surface area contributed by atoms with Crippen LogP contribution in [-0.2, 0) is 25.7 Å². The van der Waals surface area contributed by atoms with Crippen molar-refractivity contribution in [3.8, 4) is 0 Å². The smallest absolute Gasteiger partial charge is 0.289 e. The first-order valence-electron chi connectivity index (χ1n) is 10.2. The number of halogens is 2. The maximum atomic E-state index is 12.9. The van der Waals surface area contributed by atoms with Crippen molar-refractivity contribution in [3.05, 3.63) is 45.1 Å². The van der Waals surface area contributed by atoms with Crippen molar-refractivity contribution in [2.45, 2.75) is 13.0 Å². The van der Waals surface area contributed by atoms with Crippen LogP contribution in [-0.4, -0.2) is 91.5 Å². The Kier molecular flexibility index (Phi) is 7.82. The second kappa shape index (κ2) is 10.2. The highest BCUT2D eigenvalue weighted by atomic mass is 35.5. The van der Waals surface area contributed by atoms with E-state index in [4.69, 9.17) is 32.8 Å². The number of quaternary nitrogens is 1. The van der Waals surface area contributed by atoms with Crippen LogP contribution < -0.4 is 0 Å². The van der Waals surface area contributed by atoms with Crippen LogP contribution in [0.15, 0.2) is 29.5 Å². The molecule has 31 heavy (non-hydrogen) atoms. The first-order chi connectivity index (χ1) is 14.8. The number of hydroxylamine groups is 3. The number of aliphatic hydroxyl groups is 1. The average molecular weight is 473 g/mol. The van der Waals surface area contributed by atoms with E-state index in [-0.39, 0.29) is 18.7 Å². The van der Waals surface area contributed by atoms with Gasteiger partial charge in [0.1, 0.15) is 19.6 Å². The summed E-state index contributed by atoms with van der Waals surface area (Å²) >= 11 is 12.0. The van der Waals surface area contributed by atoms with Gasteiger partial charge < -0.3 is 19.6 Å². The minimum absolute atomic E-state index is 0.0649. The van der Waals surface area contributed by atoms with Gasteiger partial charge in [0.2, 0.25) is 0 Å². The number of carbonyl (C=O) groups is 2. The summed E-state index contributed by atoms with van der Waals surface area (Å²) < 4.78 is 5.89. The quantitative estimate of drug-likeness (QED) is 0.616. The van der Waals surface area contributed by atoms with E-state index in [0.717, 1.165) is 18.5 Å². The Balaban J connectivity index is 1.62. The zero-order valence-corrected chi connectivity index (χ0v) is 19.3. The van der Waals surface area contributed by atoms with E-state index >= 15 is 0 Å². The highest BCUT2D eigenvalue weighted by molar-refractivity contribution is 6.42. The van der Waals surface area contributed by atoms with Gasteiger partial charge in [-0.2, -0.15) is 4.65 Å². The van der Waals surface area contributed by atoms with E-state index < -0.39 is 17.6 Å². The predicted octanol–water partition coefficient (Wildman–Crippen LogP) is 2.40. The Morgan fingerprint density at radius 2 is 2.06 bits per heavy atom. The van der Waals surface area contributed by atoms with Crippen LogP contribution in [0, 0.1) is 0 Å². The Hall–Kier alpha value is -1.84. The highest BCUT2D eigenvalue weighted by Crippen LogP contribution is 2.24. The fraction of sp³-hybridized carbons (Fsp3) is 0.524. The number of hydrogen-bond donors (Lipinski definition) is 1. The van der Waals surface area contributed by atoms with Crippen molar-refractivity contribution in [1.29, 1.82) is 0 Å². The minimum atomic E-state index is -0.536. The van der Waals surface area contributed by atoms with Gasteiger partial charge >= 0.3 is 0 Å². The van der Waals surface area contributed by atoms with Gasteiger partial charge in [0.05, 0.1) is 49.0 Å². The highest BCUT2D eigenvalue weighted by Gasteiger charge is 2.38. The molecule has 1 atom stereocenters. The fourth-order valence-corrected chi connectivity index (χ4v) is 4.20. The molecule has 8 nitrogen and oxygen atoms in total. The molecule has 10 heteroatoms. The number of aliphatic hydroxyl groups excluding tert-OH is 1. The molecule has 2 aliphatic rings. The molecule has 3 rings (SSSR count). The maximum absolute atomic E-state index is 12.9. The standard InChI is InChI=1S/C21H27Cl2N3O5/c1-24(13-15-4-5-17(22)18(23)12-15)20(28)16-14-25(21(29)19(16)27)6-8-26(30-2)7-3-10-31-11-9-26/h4-5,12H,3,6-11,13-14H2,1-2H3/p+1. The third kappa shape index (κ3) is 5.51. The second-order valence-corrected chi connectivity index (χ2v) is 8.66. The summed E-state index contributed by atoms with van der Waals surface area (Å²) in [5, 5.41) is 11.2. The molecule has 0 aromatic heterocycles. The number of ether oxygens (including phenoxy) is 1. The van der Waals surface area contributed by atoms with Crippen LogP contribution in [0.4, 0.5) is 0 Å². The van der Waals surface area contributed by atoms with Crippen LogP contribution in [0.25, 0.3) is 0 Å². The number of nitrogens with zero attached hydrogens (tertiary/aromatic N) is 3. The fourth-order valence-electron chi connectivity index (χ4n) is 3.88. The van der Waals surface area contributed by atoms with Crippen LogP contribution in [0.3, 0.4) is 0 Å². The molecule has 1 saturated heterocycles. The monoisotopic (exact) mass is 472 g/mol. The van der Waals surface area contributed by atoms with Gasteiger partial charge in [-0.1, -0.05) is 29.3 Å². The second-order valence-electron chi connectivity index (χ2n) is 7.84. The van der Waals surface area contributed by atoms with Crippen LogP contribution in [0.1, 0.15) is 12.0 Å². The molecule has 2 amide bonds. The van der Waals surface area contributed by atoms with Crippen molar-refractivity contribution in [2.75, 3.05) is 60.1 Å². The molecule has 1 fully saturated rings. The molecular formula is C21H28Cl2N3O5+. The zero-order chi connectivity index (χ0) is 22.6. The van der Waals surface area contributed by atoms with Gasteiger partial charge in [-0.15, -0.1) is 0 Å². The summed E-state index contributed by atoms with van der Waals surface area (Å²) in [5.41, 5.74) is 0.886. The molecule has 2 heterocycles. The van der Waals surface area contributed by atoms with Crippen molar-refractivity contribution in [1.82, 2.24) is 9.80 Å². The zero-order valence-electron chi connectivity index (χ0n) is 17.8. The van der Waals surface area contributed by atoms with E-state index in [1.807, 2.05) is 0 Å². The Labute approximate surface area is 192 Å². The van der Waals surface area contributed by atoms with E-state index in [0.29, 0.717) is 47.5 Å². The summed E-state index contributed by atoms with van der Waals surface area (Å²) in [6, 6.07) is 5.13. The van der Waals surface area contributed by atoms with E-state index in [1.54, 1.807) is 32.4 Å². The lowest BCUT2D eigenvalue weighted by Gasteiger charge is -2.34. The molecule has 0 aliphatic carbocycles. The van der Waals surface area contributed by atoms with Gasteiger partial charge in [-0.25, -0.2) is 4.84 Å². The first-order valence-corrected chi connectivity index (χ1v) is 10.9. The summed E-state index contributed by atoms with van der Waals surface area (Å²) in [4.78, 5) is 34.1. The van der Waals surface area contributed by atoms with Gasteiger partial charge in [-0.3, -0.25) is 9.59 Å². The van der Waals surface area contributed by atoms with Crippen LogP contribution in [0.5, 0.6) is 0 Å². The van der Waals surface area contributed by atoms with E-state index in [9.17, 15) is 14.7 Å². The normalized spacial score (nSPS) is 22.1. The van der Waals surface area contributed by atoms with Gasteiger partial charge in [-0.05, 0) is 17.7 Å². The van der Waals surface area contributed by atoms with Crippen LogP contribution >= 0.6 is 23.2 Å².